The van der Waals surface area contributed by atoms with Crippen LogP contribution in [0.1, 0.15) is 31.7 Å². The number of nitrogens with zero attached hydrogens (tertiary/aromatic N) is 1. The quantitative estimate of drug-likeness (QED) is 0.848. The third-order valence-electron chi connectivity index (χ3n) is 4.02. The minimum atomic E-state index is 0.0341. The molecule has 1 amide bonds. The molecule has 0 saturated carbocycles. The molecule has 0 spiro atoms. The number of hydrogen-bond acceptors (Lipinski definition) is 2. The summed E-state index contributed by atoms with van der Waals surface area (Å²) in [5.41, 5.74) is 2.07. The average molecular weight is 255 g/mol. The fourth-order valence-electron chi connectivity index (χ4n) is 3.06. The first kappa shape index (κ1) is 12.0. The number of rotatable bonds is 1. The van der Waals surface area contributed by atoms with Crippen LogP contribution in [-0.4, -0.2) is 17.6 Å². The van der Waals surface area contributed by atoms with Crippen molar-refractivity contribution < 1.29 is 9.90 Å². The van der Waals surface area contributed by atoms with E-state index in [1.54, 1.807) is 17.9 Å². The number of carbonyl (C=O) groups excluding carboxylic acids is 1. The Bertz CT molecular complexity index is 663. The van der Waals surface area contributed by atoms with Crippen LogP contribution in [0.5, 0.6) is 5.75 Å². The van der Waals surface area contributed by atoms with Crippen molar-refractivity contribution in [3.8, 4) is 5.75 Å². The molecule has 19 heavy (non-hydrogen) atoms. The van der Waals surface area contributed by atoms with Gasteiger partial charge in [0.1, 0.15) is 5.75 Å². The molecule has 2 aromatic rings. The minimum absolute atomic E-state index is 0.0341. The molecule has 3 heteroatoms. The van der Waals surface area contributed by atoms with Crippen molar-refractivity contribution in [1.29, 1.82) is 0 Å². The molecule has 98 valence electrons. The first-order chi connectivity index (χ1) is 9.13. The molecule has 1 aliphatic rings. The standard InChI is InChI=1S/C16H17NO2/c1-3-11-9-17(10(2)18)14-8-15(19)12-6-4-5-7-13(12)16(11)14/h4-8,11,19H,3,9H2,1-2H3/t11-/m1/s1. The summed E-state index contributed by atoms with van der Waals surface area (Å²) in [5, 5.41) is 12.1. The number of aromatic hydroxyl groups is 1. The molecule has 2 aromatic carbocycles. The molecule has 1 N–H and O–H groups in total. The highest BCUT2D eigenvalue weighted by atomic mass is 16.3. The topological polar surface area (TPSA) is 40.5 Å². The van der Waals surface area contributed by atoms with Crippen LogP contribution in [0, 0.1) is 0 Å². The van der Waals surface area contributed by atoms with Gasteiger partial charge in [-0.3, -0.25) is 4.79 Å². The average Bonchev–Trinajstić information content (AvgIpc) is 2.78. The van der Waals surface area contributed by atoms with Crippen LogP contribution < -0.4 is 4.90 Å². The van der Waals surface area contributed by atoms with E-state index in [1.165, 1.54) is 5.56 Å². The van der Waals surface area contributed by atoms with Gasteiger partial charge >= 0.3 is 0 Å². The molecule has 0 saturated heterocycles. The van der Waals surface area contributed by atoms with Crippen molar-refractivity contribution in [1.82, 2.24) is 0 Å². The van der Waals surface area contributed by atoms with Crippen molar-refractivity contribution in [2.75, 3.05) is 11.4 Å². The summed E-state index contributed by atoms with van der Waals surface area (Å²) in [6.07, 6.45) is 0.992. The van der Waals surface area contributed by atoms with Gasteiger partial charge in [0.05, 0.1) is 5.69 Å². The Hall–Kier alpha value is -2.03. The lowest BCUT2D eigenvalue weighted by atomic mass is 9.93. The fraction of sp³-hybridized carbons (Fsp3) is 0.312. The number of anilines is 1. The highest BCUT2D eigenvalue weighted by Crippen LogP contribution is 2.45. The number of amides is 1. The predicted octanol–water partition coefficient (Wildman–Crippen LogP) is 3.41. The summed E-state index contributed by atoms with van der Waals surface area (Å²) in [5.74, 6) is 0.633. The van der Waals surface area contributed by atoms with Gasteiger partial charge in [-0.05, 0) is 17.4 Å². The van der Waals surface area contributed by atoms with Crippen LogP contribution in [0.3, 0.4) is 0 Å². The number of phenolic OH excluding ortho intramolecular Hbond substituents is 1. The number of fused-ring (bicyclic) bond motifs is 3. The summed E-state index contributed by atoms with van der Waals surface area (Å²) in [4.78, 5) is 13.5. The van der Waals surface area contributed by atoms with E-state index in [-0.39, 0.29) is 11.7 Å². The van der Waals surface area contributed by atoms with Crippen LogP contribution >= 0.6 is 0 Å². The molecule has 0 aliphatic carbocycles. The van der Waals surface area contributed by atoms with Crippen molar-refractivity contribution in [3.05, 3.63) is 35.9 Å². The summed E-state index contributed by atoms with van der Waals surface area (Å²) in [7, 11) is 0. The molecule has 3 rings (SSSR count). The zero-order valence-corrected chi connectivity index (χ0v) is 11.2. The molecule has 1 atom stereocenters. The molecular weight excluding hydrogens is 238 g/mol. The van der Waals surface area contributed by atoms with E-state index in [1.807, 2.05) is 24.3 Å². The first-order valence-electron chi connectivity index (χ1n) is 6.66. The first-order valence-corrected chi connectivity index (χ1v) is 6.66. The summed E-state index contributed by atoms with van der Waals surface area (Å²) in [6, 6.07) is 9.58. The van der Waals surface area contributed by atoms with Gasteiger partial charge in [-0.2, -0.15) is 0 Å². The molecule has 3 nitrogen and oxygen atoms in total. The van der Waals surface area contributed by atoms with Crippen molar-refractivity contribution >= 4 is 22.4 Å². The van der Waals surface area contributed by atoms with Crippen LogP contribution in [0.15, 0.2) is 30.3 Å². The smallest absolute Gasteiger partial charge is 0.223 e. The lowest BCUT2D eigenvalue weighted by Gasteiger charge is -2.15. The second kappa shape index (κ2) is 4.26. The molecule has 0 aromatic heterocycles. The molecule has 0 bridgehead atoms. The van der Waals surface area contributed by atoms with E-state index in [9.17, 15) is 9.90 Å². The van der Waals surface area contributed by atoms with E-state index in [0.29, 0.717) is 12.5 Å². The Morgan fingerprint density at radius 1 is 1.37 bits per heavy atom. The summed E-state index contributed by atoms with van der Waals surface area (Å²) >= 11 is 0. The van der Waals surface area contributed by atoms with Gasteiger partial charge in [-0.1, -0.05) is 31.2 Å². The molecule has 0 fully saturated rings. The maximum Gasteiger partial charge on any atom is 0.223 e. The van der Waals surface area contributed by atoms with E-state index < -0.39 is 0 Å². The Kier molecular flexibility index (Phi) is 2.70. The summed E-state index contributed by atoms with van der Waals surface area (Å²) in [6.45, 7) is 4.43. The highest BCUT2D eigenvalue weighted by molar-refractivity contribution is 6.02. The molecule has 1 heterocycles. The van der Waals surface area contributed by atoms with Gasteiger partial charge in [0.2, 0.25) is 5.91 Å². The SMILES string of the molecule is CC[C@@H]1CN(C(C)=O)c2cc(O)c3ccccc3c21. The van der Waals surface area contributed by atoms with Crippen LogP contribution in [-0.2, 0) is 4.79 Å². The molecule has 0 radical (unpaired) electrons. The van der Waals surface area contributed by atoms with Gasteiger partial charge in [0.25, 0.3) is 0 Å². The Balaban J connectivity index is 2.34. The van der Waals surface area contributed by atoms with E-state index >= 15 is 0 Å². The summed E-state index contributed by atoms with van der Waals surface area (Å²) < 4.78 is 0. The predicted molar refractivity (Wildman–Crippen MR) is 76.7 cm³/mol. The fourth-order valence-corrected chi connectivity index (χ4v) is 3.06. The van der Waals surface area contributed by atoms with Gasteiger partial charge in [-0.15, -0.1) is 0 Å². The van der Waals surface area contributed by atoms with Gasteiger partial charge in [-0.25, -0.2) is 0 Å². The Morgan fingerprint density at radius 2 is 2.05 bits per heavy atom. The lowest BCUT2D eigenvalue weighted by molar-refractivity contribution is -0.116. The largest absolute Gasteiger partial charge is 0.507 e. The second-order valence-electron chi connectivity index (χ2n) is 5.11. The van der Waals surface area contributed by atoms with Crippen molar-refractivity contribution in [3.63, 3.8) is 0 Å². The van der Waals surface area contributed by atoms with E-state index in [2.05, 4.69) is 6.92 Å². The van der Waals surface area contributed by atoms with Crippen molar-refractivity contribution in [2.24, 2.45) is 0 Å². The lowest BCUT2D eigenvalue weighted by Crippen LogP contribution is -2.26. The second-order valence-corrected chi connectivity index (χ2v) is 5.11. The van der Waals surface area contributed by atoms with Crippen LogP contribution in [0.4, 0.5) is 5.69 Å². The number of phenols is 1. The molecular formula is C16H17NO2. The monoisotopic (exact) mass is 255 g/mol. The third kappa shape index (κ3) is 1.69. The molecule has 0 unspecified atom stereocenters. The highest BCUT2D eigenvalue weighted by Gasteiger charge is 2.32. The maximum absolute atomic E-state index is 11.8. The van der Waals surface area contributed by atoms with E-state index in [0.717, 1.165) is 22.9 Å². The third-order valence-corrected chi connectivity index (χ3v) is 4.02. The van der Waals surface area contributed by atoms with E-state index in [4.69, 9.17) is 0 Å². The normalized spacial score (nSPS) is 17.8. The minimum Gasteiger partial charge on any atom is -0.507 e. The molecule has 1 aliphatic heterocycles. The van der Waals surface area contributed by atoms with Gasteiger partial charge < -0.3 is 10.0 Å². The van der Waals surface area contributed by atoms with Gasteiger partial charge in [0, 0.05) is 30.8 Å². The maximum atomic E-state index is 11.8. The van der Waals surface area contributed by atoms with Crippen LogP contribution in [0.2, 0.25) is 0 Å². The zero-order valence-electron chi connectivity index (χ0n) is 11.2. The Morgan fingerprint density at radius 3 is 2.68 bits per heavy atom. The zero-order chi connectivity index (χ0) is 13.6. The number of hydrogen-bond donors (Lipinski definition) is 1. The Labute approximate surface area is 112 Å². The van der Waals surface area contributed by atoms with Gasteiger partial charge in [0.15, 0.2) is 0 Å². The number of carbonyl (C=O) groups is 1. The van der Waals surface area contributed by atoms with Crippen molar-refractivity contribution in [2.45, 2.75) is 26.2 Å². The number of benzene rings is 2. The van der Waals surface area contributed by atoms with Crippen LogP contribution in [0.25, 0.3) is 10.8 Å².